The fraction of sp³-hybridized carbons (Fsp3) is 0.429. The topological polar surface area (TPSA) is 67.2 Å². The Morgan fingerprint density at radius 1 is 1.10 bits per heavy atom. The van der Waals surface area contributed by atoms with Crippen LogP contribution in [-0.4, -0.2) is 62.5 Å². The Hall–Kier alpha value is -2.61. The van der Waals surface area contributed by atoms with E-state index in [1.165, 1.54) is 0 Å². The van der Waals surface area contributed by atoms with Crippen LogP contribution in [0.3, 0.4) is 0 Å². The third-order valence-corrected chi connectivity index (χ3v) is 6.23. The second kappa shape index (κ2) is 8.41. The molecule has 0 radical (unpaired) electrons. The Morgan fingerprint density at radius 2 is 1.83 bits per heavy atom. The van der Waals surface area contributed by atoms with Crippen LogP contribution >= 0.6 is 11.8 Å². The highest BCUT2D eigenvalue weighted by atomic mass is 32.2. The second-order valence-electron chi connectivity index (χ2n) is 7.19. The van der Waals surface area contributed by atoms with E-state index in [1.807, 2.05) is 53.9 Å². The van der Waals surface area contributed by atoms with Gasteiger partial charge in [0.05, 0.1) is 11.4 Å². The molecular formula is C21H26N6OS. The summed E-state index contributed by atoms with van der Waals surface area (Å²) in [6.07, 6.45) is 0.784. The molecule has 0 saturated carbocycles. The third-order valence-electron chi connectivity index (χ3n) is 5.23. The van der Waals surface area contributed by atoms with E-state index in [2.05, 4.69) is 21.9 Å². The maximum absolute atomic E-state index is 12.6. The minimum absolute atomic E-state index is 0.192. The molecule has 3 aromatic rings. The van der Waals surface area contributed by atoms with Gasteiger partial charge in [0.1, 0.15) is 16.9 Å². The van der Waals surface area contributed by atoms with E-state index in [1.54, 1.807) is 11.8 Å². The first kappa shape index (κ1) is 19.7. The molecule has 1 saturated heterocycles. The van der Waals surface area contributed by atoms with Crippen LogP contribution in [0.5, 0.6) is 0 Å². The molecule has 152 valence electrons. The van der Waals surface area contributed by atoms with E-state index in [9.17, 15) is 4.79 Å². The van der Waals surface area contributed by atoms with Crippen molar-refractivity contribution in [2.45, 2.75) is 25.2 Å². The summed E-state index contributed by atoms with van der Waals surface area (Å²) in [4.78, 5) is 27.5. The van der Waals surface area contributed by atoms with E-state index in [-0.39, 0.29) is 5.91 Å². The van der Waals surface area contributed by atoms with Crippen LogP contribution in [0, 0.1) is 6.92 Å². The van der Waals surface area contributed by atoms with Gasteiger partial charge >= 0.3 is 0 Å². The molecule has 0 unspecified atom stereocenters. The lowest BCUT2D eigenvalue weighted by Crippen LogP contribution is -2.49. The summed E-state index contributed by atoms with van der Waals surface area (Å²) in [7, 11) is 1.94. The van der Waals surface area contributed by atoms with E-state index in [4.69, 9.17) is 4.98 Å². The normalized spacial score (nSPS) is 14.6. The average molecular weight is 411 g/mol. The van der Waals surface area contributed by atoms with Crippen molar-refractivity contribution in [3.8, 4) is 0 Å². The quantitative estimate of drug-likeness (QED) is 0.603. The Morgan fingerprint density at radius 3 is 2.52 bits per heavy atom. The lowest BCUT2D eigenvalue weighted by atomic mass is 10.2. The first-order valence-electron chi connectivity index (χ1n) is 9.97. The Labute approximate surface area is 175 Å². The fourth-order valence-electron chi connectivity index (χ4n) is 3.66. The zero-order valence-electron chi connectivity index (χ0n) is 17.1. The molecule has 1 aliphatic rings. The molecule has 1 amide bonds. The molecule has 0 atom stereocenters. The summed E-state index contributed by atoms with van der Waals surface area (Å²) in [6.45, 7) is 7.00. The van der Waals surface area contributed by atoms with Crippen LogP contribution in [-0.2, 0) is 18.3 Å². The molecule has 7 nitrogen and oxygen atoms in total. The molecule has 1 aromatic carbocycles. The average Bonchev–Trinajstić information content (AvgIpc) is 3.05. The number of carbonyl (C=O) groups is 1. The largest absolute Gasteiger partial charge is 0.351 e. The number of aryl methyl sites for hydroxylation is 3. The minimum atomic E-state index is 0.192. The molecule has 0 N–H and O–H groups in total. The van der Waals surface area contributed by atoms with Gasteiger partial charge in [0.25, 0.3) is 0 Å². The monoisotopic (exact) mass is 410 g/mol. The van der Waals surface area contributed by atoms with Gasteiger partial charge < -0.3 is 9.80 Å². The second-order valence-corrected chi connectivity index (χ2v) is 8.24. The molecular weight excluding hydrogens is 384 g/mol. The van der Waals surface area contributed by atoms with Gasteiger partial charge in [-0.3, -0.25) is 9.48 Å². The number of fused-ring (bicyclic) bond motifs is 1. The van der Waals surface area contributed by atoms with Crippen molar-refractivity contribution in [1.82, 2.24) is 24.6 Å². The summed E-state index contributed by atoms with van der Waals surface area (Å²) >= 11 is 1.59. The summed E-state index contributed by atoms with van der Waals surface area (Å²) in [5, 5.41) is 4.54. The molecule has 0 bridgehead atoms. The number of thioether (sulfide) groups is 1. The van der Waals surface area contributed by atoms with Crippen molar-refractivity contribution in [2.24, 2.45) is 7.05 Å². The minimum Gasteiger partial charge on any atom is -0.351 e. The SMILES string of the molecule is CCc1nc(N2CCN(C(=O)CSc3ccccc3)CC2)c2c(n1)c(C)nn2C. The van der Waals surface area contributed by atoms with Gasteiger partial charge in [-0.1, -0.05) is 25.1 Å². The Bertz CT molecular complexity index is 1010. The van der Waals surface area contributed by atoms with Crippen LogP contribution in [0.15, 0.2) is 35.2 Å². The van der Waals surface area contributed by atoms with Crippen molar-refractivity contribution in [3.05, 3.63) is 41.9 Å². The van der Waals surface area contributed by atoms with Gasteiger partial charge in [-0.25, -0.2) is 9.97 Å². The van der Waals surface area contributed by atoms with Gasteiger partial charge in [-0.15, -0.1) is 11.8 Å². The maximum atomic E-state index is 12.6. The predicted octanol–water partition coefficient (Wildman–Crippen LogP) is 2.68. The van der Waals surface area contributed by atoms with Crippen LogP contribution in [0.2, 0.25) is 0 Å². The van der Waals surface area contributed by atoms with Gasteiger partial charge in [0, 0.05) is 44.5 Å². The van der Waals surface area contributed by atoms with Gasteiger partial charge in [0.2, 0.25) is 5.91 Å². The van der Waals surface area contributed by atoms with Crippen LogP contribution in [0.4, 0.5) is 5.82 Å². The molecule has 3 heterocycles. The van der Waals surface area contributed by atoms with Crippen molar-refractivity contribution < 1.29 is 4.79 Å². The highest BCUT2D eigenvalue weighted by molar-refractivity contribution is 8.00. The highest BCUT2D eigenvalue weighted by Crippen LogP contribution is 2.27. The third kappa shape index (κ3) is 4.07. The number of hydrogen-bond donors (Lipinski definition) is 0. The Balaban J connectivity index is 1.45. The van der Waals surface area contributed by atoms with Crippen LogP contribution in [0.1, 0.15) is 18.4 Å². The number of piperazine rings is 1. The van der Waals surface area contributed by atoms with Gasteiger partial charge in [-0.05, 0) is 19.1 Å². The fourth-order valence-corrected chi connectivity index (χ4v) is 4.48. The molecule has 1 fully saturated rings. The molecule has 2 aromatic heterocycles. The lowest BCUT2D eigenvalue weighted by Gasteiger charge is -2.35. The number of carbonyl (C=O) groups excluding carboxylic acids is 1. The number of amides is 1. The van der Waals surface area contributed by atoms with E-state index in [0.717, 1.165) is 52.8 Å². The van der Waals surface area contributed by atoms with E-state index < -0.39 is 0 Å². The molecule has 1 aliphatic heterocycles. The first-order valence-corrected chi connectivity index (χ1v) is 11.0. The standard InChI is InChI=1S/C21H26N6OS/c1-4-17-22-19-15(2)24-25(3)20(19)21(23-17)27-12-10-26(11-13-27)18(28)14-29-16-8-6-5-7-9-16/h5-9H,4,10-14H2,1-3H3. The summed E-state index contributed by atoms with van der Waals surface area (Å²) < 4.78 is 1.87. The number of aromatic nitrogens is 4. The van der Waals surface area contributed by atoms with Gasteiger partial charge in [-0.2, -0.15) is 5.10 Å². The number of hydrogen-bond acceptors (Lipinski definition) is 6. The summed E-state index contributed by atoms with van der Waals surface area (Å²) in [5.41, 5.74) is 2.82. The van der Waals surface area contributed by atoms with Crippen LogP contribution < -0.4 is 4.90 Å². The summed E-state index contributed by atoms with van der Waals surface area (Å²) in [6, 6.07) is 10.1. The maximum Gasteiger partial charge on any atom is 0.233 e. The number of nitrogens with zero attached hydrogens (tertiary/aromatic N) is 6. The number of anilines is 1. The Kier molecular flexibility index (Phi) is 5.71. The first-order chi connectivity index (χ1) is 14.1. The molecule has 8 heteroatoms. The van der Waals surface area contributed by atoms with Crippen molar-refractivity contribution in [1.29, 1.82) is 0 Å². The number of benzene rings is 1. The molecule has 4 rings (SSSR count). The smallest absolute Gasteiger partial charge is 0.233 e. The molecule has 0 spiro atoms. The zero-order chi connectivity index (χ0) is 20.4. The molecule has 29 heavy (non-hydrogen) atoms. The van der Waals surface area contributed by atoms with E-state index >= 15 is 0 Å². The van der Waals surface area contributed by atoms with Crippen molar-refractivity contribution in [2.75, 3.05) is 36.8 Å². The van der Waals surface area contributed by atoms with Crippen molar-refractivity contribution >= 4 is 34.5 Å². The molecule has 0 aliphatic carbocycles. The van der Waals surface area contributed by atoms with Crippen LogP contribution in [0.25, 0.3) is 11.0 Å². The van der Waals surface area contributed by atoms with Gasteiger partial charge in [0.15, 0.2) is 5.82 Å². The predicted molar refractivity (Wildman–Crippen MR) is 116 cm³/mol. The van der Waals surface area contributed by atoms with E-state index in [0.29, 0.717) is 18.8 Å². The lowest BCUT2D eigenvalue weighted by molar-refractivity contribution is -0.128. The highest BCUT2D eigenvalue weighted by Gasteiger charge is 2.25. The number of rotatable bonds is 5. The summed E-state index contributed by atoms with van der Waals surface area (Å²) in [5.74, 6) is 2.43. The zero-order valence-corrected chi connectivity index (χ0v) is 17.9. The van der Waals surface area contributed by atoms with Crippen molar-refractivity contribution in [3.63, 3.8) is 0 Å².